The van der Waals surface area contributed by atoms with Crippen molar-refractivity contribution in [1.82, 2.24) is 0 Å². The smallest absolute Gasteiger partial charge is 0.0340 e. The molecule has 0 spiro atoms. The Morgan fingerprint density at radius 3 is 2.50 bits per heavy atom. The van der Waals surface area contributed by atoms with Crippen molar-refractivity contribution >= 4 is 18.3 Å². The molecule has 1 N–H and O–H groups in total. The van der Waals surface area contributed by atoms with Gasteiger partial charge in [-0.3, -0.25) is 0 Å². The van der Waals surface area contributed by atoms with Crippen molar-refractivity contribution in [2.45, 2.75) is 0 Å². The van der Waals surface area contributed by atoms with Gasteiger partial charge in [-0.25, -0.2) is 0 Å². The van der Waals surface area contributed by atoms with Crippen LogP contribution in [0, 0.1) is 0 Å². The molecule has 2 heteroatoms. The summed E-state index contributed by atoms with van der Waals surface area (Å²) in [4.78, 5) is 0. The number of rotatable bonds is 3. The maximum atomic E-state index is 4.79. The Balaban J connectivity index is 2.43. The van der Waals surface area contributed by atoms with Gasteiger partial charge in [-0.2, -0.15) is 0 Å². The Bertz CT molecular complexity index is 174. The maximum absolute atomic E-state index is 4.79. The molecular weight excluding hydrogens is 142 g/mol. The van der Waals surface area contributed by atoms with Crippen molar-refractivity contribution in [1.29, 1.82) is 0 Å². The second kappa shape index (κ2) is 4.23. The summed E-state index contributed by atoms with van der Waals surface area (Å²) < 4.78 is 0. The molecular formula is C8H10NS. The highest BCUT2D eigenvalue weighted by Gasteiger charge is 1.84. The van der Waals surface area contributed by atoms with Crippen molar-refractivity contribution < 1.29 is 0 Å². The monoisotopic (exact) mass is 152 g/mol. The number of anilines is 1. The number of nitrogens with one attached hydrogen (secondary N) is 1. The summed E-state index contributed by atoms with van der Waals surface area (Å²) in [5, 5.41) is 3.19. The lowest BCUT2D eigenvalue weighted by Crippen LogP contribution is -2.01. The minimum absolute atomic E-state index is 0.759. The van der Waals surface area contributed by atoms with Crippen LogP contribution in [0.4, 0.5) is 5.69 Å². The van der Waals surface area contributed by atoms with Crippen molar-refractivity contribution in [2.75, 3.05) is 17.6 Å². The molecule has 0 aliphatic heterocycles. The molecule has 0 aromatic heterocycles. The highest BCUT2D eigenvalue weighted by Crippen LogP contribution is 2.03. The lowest BCUT2D eigenvalue weighted by atomic mass is 10.3. The van der Waals surface area contributed by atoms with Crippen LogP contribution in [0.3, 0.4) is 0 Å². The molecule has 1 nitrogen and oxygen atoms in total. The second-order valence-electron chi connectivity index (χ2n) is 2.00. The van der Waals surface area contributed by atoms with E-state index in [0.29, 0.717) is 0 Å². The highest BCUT2D eigenvalue weighted by molar-refractivity contribution is 7.80. The van der Waals surface area contributed by atoms with E-state index >= 15 is 0 Å². The Hall–Kier alpha value is -0.630. The zero-order chi connectivity index (χ0) is 7.23. The fraction of sp³-hybridized carbons (Fsp3) is 0.250. The first-order valence-corrected chi connectivity index (χ1v) is 3.88. The van der Waals surface area contributed by atoms with Crippen LogP contribution in [0.1, 0.15) is 0 Å². The highest BCUT2D eigenvalue weighted by atomic mass is 32.1. The Morgan fingerprint density at radius 1 is 1.20 bits per heavy atom. The third kappa shape index (κ3) is 2.31. The molecule has 0 saturated carbocycles. The van der Waals surface area contributed by atoms with Crippen LogP contribution in [0.25, 0.3) is 0 Å². The molecule has 0 amide bonds. The summed E-state index contributed by atoms with van der Waals surface area (Å²) in [7, 11) is 0. The van der Waals surface area contributed by atoms with Gasteiger partial charge in [-0.1, -0.05) is 30.8 Å². The molecule has 0 saturated heterocycles. The molecule has 0 heterocycles. The Morgan fingerprint density at radius 2 is 1.90 bits per heavy atom. The van der Waals surface area contributed by atoms with Gasteiger partial charge >= 0.3 is 0 Å². The summed E-state index contributed by atoms with van der Waals surface area (Å²) in [6.45, 7) is 0.874. The minimum Gasteiger partial charge on any atom is -0.384 e. The zero-order valence-electron chi connectivity index (χ0n) is 5.71. The molecule has 0 unspecified atom stereocenters. The van der Waals surface area contributed by atoms with E-state index in [1.165, 1.54) is 0 Å². The summed E-state index contributed by atoms with van der Waals surface area (Å²) in [6.07, 6.45) is 0. The molecule has 0 atom stereocenters. The summed E-state index contributed by atoms with van der Waals surface area (Å²) in [5.74, 6) is 0.759. The van der Waals surface area contributed by atoms with Crippen molar-refractivity contribution in [2.24, 2.45) is 0 Å². The van der Waals surface area contributed by atoms with Gasteiger partial charge in [0.2, 0.25) is 0 Å². The van der Waals surface area contributed by atoms with E-state index in [-0.39, 0.29) is 0 Å². The second-order valence-corrected chi connectivity index (χ2v) is 2.41. The van der Waals surface area contributed by atoms with E-state index in [1.54, 1.807) is 0 Å². The predicted molar refractivity (Wildman–Crippen MR) is 47.4 cm³/mol. The number of hydrogen-bond acceptors (Lipinski definition) is 1. The van der Waals surface area contributed by atoms with Crippen LogP contribution in [0.15, 0.2) is 30.3 Å². The molecule has 1 aromatic rings. The normalized spacial score (nSPS) is 9.30. The van der Waals surface area contributed by atoms with Crippen LogP contribution in [0.2, 0.25) is 0 Å². The van der Waals surface area contributed by atoms with E-state index in [4.69, 9.17) is 12.6 Å². The number of benzene rings is 1. The molecule has 0 bridgehead atoms. The van der Waals surface area contributed by atoms with Gasteiger partial charge in [0, 0.05) is 18.0 Å². The SMILES string of the molecule is [S]CCNc1ccccc1. The Kier molecular flexibility index (Phi) is 3.16. The van der Waals surface area contributed by atoms with Gasteiger partial charge in [0.1, 0.15) is 0 Å². The number of hydrogen-bond donors (Lipinski definition) is 1. The summed E-state index contributed by atoms with van der Waals surface area (Å²) in [5.41, 5.74) is 1.15. The van der Waals surface area contributed by atoms with Crippen LogP contribution in [-0.2, 0) is 0 Å². The van der Waals surface area contributed by atoms with E-state index in [9.17, 15) is 0 Å². The molecule has 1 aromatic carbocycles. The van der Waals surface area contributed by atoms with Crippen LogP contribution < -0.4 is 5.32 Å². The summed E-state index contributed by atoms with van der Waals surface area (Å²) >= 11 is 4.79. The predicted octanol–water partition coefficient (Wildman–Crippen LogP) is 2.30. The topological polar surface area (TPSA) is 12.0 Å². The van der Waals surface area contributed by atoms with E-state index in [1.807, 2.05) is 30.3 Å². The van der Waals surface area contributed by atoms with Crippen LogP contribution in [-0.4, -0.2) is 12.3 Å². The fourth-order valence-corrected chi connectivity index (χ4v) is 0.853. The first-order valence-electron chi connectivity index (χ1n) is 3.30. The lowest BCUT2D eigenvalue weighted by molar-refractivity contribution is 1.23. The third-order valence-electron chi connectivity index (χ3n) is 1.20. The minimum atomic E-state index is 0.759. The van der Waals surface area contributed by atoms with E-state index in [2.05, 4.69) is 5.32 Å². The molecule has 10 heavy (non-hydrogen) atoms. The molecule has 1 radical (unpaired) electrons. The quantitative estimate of drug-likeness (QED) is 0.700. The standard InChI is InChI=1S/C8H10NS/c10-7-6-9-8-4-2-1-3-5-8/h1-5,9H,6-7H2. The van der Waals surface area contributed by atoms with Gasteiger partial charge < -0.3 is 5.32 Å². The maximum Gasteiger partial charge on any atom is 0.0340 e. The average Bonchev–Trinajstić information content (AvgIpc) is 2.03. The van der Waals surface area contributed by atoms with Gasteiger partial charge in [0.25, 0.3) is 0 Å². The largest absolute Gasteiger partial charge is 0.384 e. The molecule has 0 aliphatic carbocycles. The van der Waals surface area contributed by atoms with Crippen LogP contribution in [0.5, 0.6) is 0 Å². The summed E-state index contributed by atoms with van der Waals surface area (Å²) in [6, 6.07) is 10.1. The van der Waals surface area contributed by atoms with Crippen molar-refractivity contribution in [3.8, 4) is 0 Å². The molecule has 0 fully saturated rings. The third-order valence-corrected chi connectivity index (χ3v) is 1.41. The number of para-hydroxylation sites is 1. The average molecular weight is 152 g/mol. The first kappa shape index (κ1) is 7.48. The first-order chi connectivity index (χ1) is 4.93. The molecule has 53 valence electrons. The fourth-order valence-electron chi connectivity index (χ4n) is 0.751. The van der Waals surface area contributed by atoms with E-state index < -0.39 is 0 Å². The van der Waals surface area contributed by atoms with Gasteiger partial charge in [0.15, 0.2) is 0 Å². The van der Waals surface area contributed by atoms with Gasteiger partial charge in [-0.15, -0.1) is 0 Å². The van der Waals surface area contributed by atoms with Gasteiger partial charge in [0.05, 0.1) is 0 Å². The van der Waals surface area contributed by atoms with Crippen molar-refractivity contribution in [3.63, 3.8) is 0 Å². The van der Waals surface area contributed by atoms with E-state index in [0.717, 1.165) is 18.0 Å². The Labute approximate surface area is 66.9 Å². The zero-order valence-corrected chi connectivity index (χ0v) is 6.53. The van der Waals surface area contributed by atoms with Crippen LogP contribution >= 0.6 is 12.6 Å². The van der Waals surface area contributed by atoms with Crippen molar-refractivity contribution in [3.05, 3.63) is 30.3 Å². The molecule has 0 aliphatic rings. The van der Waals surface area contributed by atoms with Gasteiger partial charge in [-0.05, 0) is 12.1 Å². The molecule has 1 rings (SSSR count). The lowest BCUT2D eigenvalue weighted by Gasteiger charge is -2.01.